The van der Waals surface area contributed by atoms with Gasteiger partial charge in [-0.1, -0.05) is 30.1 Å². The Labute approximate surface area is 127 Å². The molecule has 1 unspecified atom stereocenters. The van der Waals surface area contributed by atoms with Gasteiger partial charge in [0.2, 0.25) is 0 Å². The smallest absolute Gasteiger partial charge is 0.313 e. The topological polar surface area (TPSA) is 78.4 Å². The number of amides is 2. The summed E-state index contributed by atoms with van der Waals surface area (Å²) in [4.78, 5) is 23.2. The van der Waals surface area contributed by atoms with Crippen LogP contribution in [0.15, 0.2) is 18.2 Å². The van der Waals surface area contributed by atoms with E-state index in [1.54, 1.807) is 6.07 Å². The monoisotopic (exact) mass is 318 g/mol. The van der Waals surface area contributed by atoms with E-state index in [0.29, 0.717) is 17.9 Å². The summed E-state index contributed by atoms with van der Waals surface area (Å²) in [5, 5.41) is 14.8. The number of hydrogen-bond donors (Lipinski definition) is 3. The van der Waals surface area contributed by atoms with E-state index in [4.69, 9.17) is 23.2 Å². The van der Waals surface area contributed by atoms with Crippen LogP contribution in [0.25, 0.3) is 0 Å². The molecule has 0 aromatic heterocycles. The molecule has 0 fully saturated rings. The van der Waals surface area contributed by atoms with Gasteiger partial charge < -0.3 is 15.7 Å². The van der Waals surface area contributed by atoms with E-state index in [-0.39, 0.29) is 17.3 Å². The van der Waals surface area contributed by atoms with Crippen LogP contribution in [0.5, 0.6) is 0 Å². The summed E-state index contributed by atoms with van der Waals surface area (Å²) in [5.74, 6) is -1.62. The van der Waals surface area contributed by atoms with Crippen molar-refractivity contribution in [3.63, 3.8) is 0 Å². The van der Waals surface area contributed by atoms with Crippen LogP contribution in [0.4, 0.5) is 5.69 Å². The van der Waals surface area contributed by atoms with Crippen LogP contribution in [0.3, 0.4) is 0 Å². The van der Waals surface area contributed by atoms with Gasteiger partial charge in [-0.05, 0) is 31.0 Å². The highest BCUT2D eigenvalue weighted by Gasteiger charge is 2.15. The Morgan fingerprint density at radius 2 is 2.00 bits per heavy atom. The number of halogens is 2. The number of aliphatic hydroxyl groups is 1. The number of benzene rings is 1. The number of anilines is 1. The average molecular weight is 319 g/mol. The van der Waals surface area contributed by atoms with Crippen molar-refractivity contribution in [2.75, 3.05) is 11.9 Å². The predicted molar refractivity (Wildman–Crippen MR) is 79.0 cm³/mol. The maximum absolute atomic E-state index is 11.6. The van der Waals surface area contributed by atoms with Crippen LogP contribution in [0.1, 0.15) is 19.8 Å². The van der Waals surface area contributed by atoms with Gasteiger partial charge in [0.15, 0.2) is 0 Å². The van der Waals surface area contributed by atoms with Crippen LogP contribution in [0.2, 0.25) is 10.0 Å². The van der Waals surface area contributed by atoms with Crippen molar-refractivity contribution in [1.29, 1.82) is 0 Å². The molecule has 0 aliphatic heterocycles. The van der Waals surface area contributed by atoms with E-state index in [2.05, 4.69) is 10.6 Å². The molecule has 2 amide bonds. The van der Waals surface area contributed by atoms with Gasteiger partial charge in [-0.25, -0.2) is 0 Å². The molecule has 1 aromatic rings. The van der Waals surface area contributed by atoms with Crippen molar-refractivity contribution in [2.24, 2.45) is 0 Å². The Balaban J connectivity index is 2.49. The van der Waals surface area contributed by atoms with Crippen molar-refractivity contribution in [3.05, 3.63) is 28.2 Å². The summed E-state index contributed by atoms with van der Waals surface area (Å²) in [7, 11) is 0. The van der Waals surface area contributed by atoms with E-state index in [1.165, 1.54) is 12.1 Å². The molecule has 1 atom stereocenters. The van der Waals surface area contributed by atoms with Crippen molar-refractivity contribution in [1.82, 2.24) is 5.32 Å². The van der Waals surface area contributed by atoms with Gasteiger partial charge >= 0.3 is 11.8 Å². The SMILES string of the molecule is CCC(O)CCNC(=O)C(=O)Nc1cc(Cl)ccc1Cl. The van der Waals surface area contributed by atoms with E-state index < -0.39 is 17.9 Å². The molecule has 7 heteroatoms. The van der Waals surface area contributed by atoms with E-state index in [9.17, 15) is 14.7 Å². The van der Waals surface area contributed by atoms with Gasteiger partial charge in [0, 0.05) is 11.6 Å². The number of nitrogens with one attached hydrogen (secondary N) is 2. The van der Waals surface area contributed by atoms with E-state index >= 15 is 0 Å². The van der Waals surface area contributed by atoms with Crippen LogP contribution in [-0.4, -0.2) is 29.6 Å². The zero-order valence-corrected chi connectivity index (χ0v) is 12.5. The second-order valence-electron chi connectivity index (χ2n) is 4.18. The third-order valence-corrected chi connectivity index (χ3v) is 3.18. The summed E-state index contributed by atoms with van der Waals surface area (Å²) in [6, 6.07) is 4.55. The molecule has 5 nitrogen and oxygen atoms in total. The molecule has 0 radical (unpaired) electrons. The highest BCUT2D eigenvalue weighted by atomic mass is 35.5. The van der Waals surface area contributed by atoms with Gasteiger partial charge in [0.05, 0.1) is 16.8 Å². The third kappa shape index (κ3) is 5.36. The number of hydrogen-bond acceptors (Lipinski definition) is 3. The Kier molecular flexibility index (Phi) is 6.78. The molecule has 0 aliphatic carbocycles. The molecule has 0 heterocycles. The molecular formula is C13H16Cl2N2O3. The lowest BCUT2D eigenvalue weighted by atomic mass is 10.2. The second-order valence-corrected chi connectivity index (χ2v) is 5.03. The molecular weight excluding hydrogens is 303 g/mol. The highest BCUT2D eigenvalue weighted by molar-refractivity contribution is 6.42. The summed E-state index contributed by atoms with van der Waals surface area (Å²) in [6.07, 6.45) is 0.508. The van der Waals surface area contributed by atoms with E-state index in [0.717, 1.165) is 0 Å². The summed E-state index contributed by atoms with van der Waals surface area (Å²) < 4.78 is 0. The van der Waals surface area contributed by atoms with Crippen LogP contribution in [-0.2, 0) is 9.59 Å². The average Bonchev–Trinajstić information content (AvgIpc) is 2.42. The van der Waals surface area contributed by atoms with Crippen LogP contribution >= 0.6 is 23.2 Å². The number of aliphatic hydroxyl groups excluding tert-OH is 1. The molecule has 20 heavy (non-hydrogen) atoms. The highest BCUT2D eigenvalue weighted by Crippen LogP contribution is 2.25. The zero-order chi connectivity index (χ0) is 15.1. The lowest BCUT2D eigenvalue weighted by Gasteiger charge is -2.10. The first kappa shape index (κ1) is 16.8. The van der Waals surface area contributed by atoms with E-state index in [1.807, 2.05) is 6.92 Å². The normalized spacial score (nSPS) is 11.8. The summed E-state index contributed by atoms with van der Waals surface area (Å²) >= 11 is 11.6. The molecule has 0 saturated carbocycles. The molecule has 1 aromatic carbocycles. The maximum Gasteiger partial charge on any atom is 0.313 e. The summed E-state index contributed by atoms with van der Waals surface area (Å²) in [6.45, 7) is 2.06. The van der Waals surface area contributed by atoms with Crippen molar-refractivity contribution in [2.45, 2.75) is 25.9 Å². The minimum Gasteiger partial charge on any atom is -0.393 e. The Morgan fingerprint density at radius 3 is 2.65 bits per heavy atom. The largest absolute Gasteiger partial charge is 0.393 e. The van der Waals surface area contributed by atoms with Gasteiger partial charge in [-0.2, -0.15) is 0 Å². The fourth-order valence-electron chi connectivity index (χ4n) is 1.41. The van der Waals surface area contributed by atoms with Gasteiger partial charge in [-0.3, -0.25) is 9.59 Å². The standard InChI is InChI=1S/C13H16Cl2N2O3/c1-2-9(18)5-6-16-12(19)13(20)17-11-7-8(14)3-4-10(11)15/h3-4,7,9,18H,2,5-6H2,1H3,(H,16,19)(H,17,20). The number of carbonyl (C=O) groups is 2. The first-order chi connectivity index (χ1) is 9.43. The predicted octanol–water partition coefficient (Wildman–Crippen LogP) is 2.21. The molecule has 0 bridgehead atoms. The van der Waals surface area contributed by atoms with Gasteiger partial charge in [0.1, 0.15) is 0 Å². The molecule has 0 spiro atoms. The minimum absolute atomic E-state index is 0.227. The minimum atomic E-state index is -0.833. The first-order valence-electron chi connectivity index (χ1n) is 6.16. The van der Waals surface area contributed by atoms with Gasteiger partial charge in [-0.15, -0.1) is 0 Å². The molecule has 3 N–H and O–H groups in total. The van der Waals surface area contributed by atoms with Crippen molar-refractivity contribution < 1.29 is 14.7 Å². The summed E-state index contributed by atoms with van der Waals surface area (Å²) in [5.41, 5.74) is 0.271. The van der Waals surface area contributed by atoms with Crippen LogP contribution in [0, 0.1) is 0 Å². The molecule has 0 saturated heterocycles. The fourth-order valence-corrected chi connectivity index (χ4v) is 1.75. The fraction of sp³-hybridized carbons (Fsp3) is 0.385. The quantitative estimate of drug-likeness (QED) is 0.728. The van der Waals surface area contributed by atoms with Gasteiger partial charge in [0.25, 0.3) is 0 Å². The first-order valence-corrected chi connectivity index (χ1v) is 6.92. The molecule has 1 rings (SSSR count). The molecule has 110 valence electrons. The molecule has 0 aliphatic rings. The van der Waals surface area contributed by atoms with Crippen molar-refractivity contribution >= 4 is 40.7 Å². The second kappa shape index (κ2) is 8.09. The lowest BCUT2D eigenvalue weighted by Crippen LogP contribution is -2.36. The zero-order valence-electron chi connectivity index (χ0n) is 11.0. The lowest BCUT2D eigenvalue weighted by molar-refractivity contribution is -0.136. The Hall–Kier alpha value is -1.30. The third-order valence-electron chi connectivity index (χ3n) is 2.62. The Bertz CT molecular complexity index is 495. The van der Waals surface area contributed by atoms with Crippen molar-refractivity contribution in [3.8, 4) is 0 Å². The Morgan fingerprint density at radius 1 is 1.30 bits per heavy atom. The number of rotatable bonds is 5. The van der Waals surface area contributed by atoms with Crippen LogP contribution < -0.4 is 10.6 Å². The number of carbonyl (C=O) groups excluding carboxylic acids is 2. The maximum atomic E-state index is 11.6.